The molecule has 94 valence electrons. The number of carboxylic acid groups (broad SMARTS) is 1. The summed E-state index contributed by atoms with van der Waals surface area (Å²) in [7, 11) is 0. The molecule has 0 saturated heterocycles. The molecular weight excluding hydrogens is 220 g/mol. The van der Waals surface area contributed by atoms with Crippen molar-refractivity contribution in [1.29, 1.82) is 0 Å². The van der Waals surface area contributed by atoms with Crippen LogP contribution in [0.1, 0.15) is 19.4 Å². The van der Waals surface area contributed by atoms with Gasteiger partial charge in [-0.25, -0.2) is 4.79 Å². The van der Waals surface area contributed by atoms with Gasteiger partial charge in [-0.05, 0) is 31.5 Å². The number of nitrogens with zero attached hydrogens (tertiary/aromatic N) is 1. The lowest BCUT2D eigenvalue weighted by Crippen LogP contribution is -2.47. The summed E-state index contributed by atoms with van der Waals surface area (Å²) in [6, 6.07) is 3.39. The summed E-state index contributed by atoms with van der Waals surface area (Å²) in [5, 5.41) is 12.3. The molecule has 1 atom stereocenters. The van der Waals surface area contributed by atoms with E-state index in [-0.39, 0.29) is 0 Å². The molecule has 1 aromatic rings. The molecule has 1 heterocycles. The molecule has 5 heteroatoms. The van der Waals surface area contributed by atoms with Crippen molar-refractivity contribution in [1.82, 2.24) is 10.3 Å². The van der Waals surface area contributed by atoms with E-state index in [0.29, 0.717) is 25.3 Å². The van der Waals surface area contributed by atoms with Crippen LogP contribution in [0.4, 0.5) is 0 Å². The van der Waals surface area contributed by atoms with Crippen molar-refractivity contribution >= 4 is 5.97 Å². The number of ether oxygens (including phenoxy) is 1. The zero-order valence-electron chi connectivity index (χ0n) is 10.1. The molecule has 0 radical (unpaired) electrons. The van der Waals surface area contributed by atoms with Gasteiger partial charge in [0.15, 0.2) is 0 Å². The number of carboxylic acids is 1. The first-order valence-corrected chi connectivity index (χ1v) is 5.58. The molecule has 0 aromatic carbocycles. The Morgan fingerprint density at radius 2 is 2.18 bits per heavy atom. The van der Waals surface area contributed by atoms with Crippen molar-refractivity contribution in [2.75, 3.05) is 19.8 Å². The summed E-state index contributed by atoms with van der Waals surface area (Å²) in [6.07, 6.45) is 3.17. The third-order valence-corrected chi connectivity index (χ3v) is 2.61. The lowest BCUT2D eigenvalue weighted by atomic mass is 9.93. The van der Waals surface area contributed by atoms with E-state index < -0.39 is 11.5 Å². The summed E-state index contributed by atoms with van der Waals surface area (Å²) < 4.78 is 5.18. The molecule has 5 nitrogen and oxygen atoms in total. The zero-order valence-corrected chi connectivity index (χ0v) is 10.1. The number of hydrogen-bond acceptors (Lipinski definition) is 4. The molecule has 1 unspecified atom stereocenters. The number of rotatable bonds is 7. The van der Waals surface area contributed by atoms with E-state index in [2.05, 4.69) is 10.3 Å². The normalized spacial score (nSPS) is 14.2. The zero-order chi connectivity index (χ0) is 12.7. The van der Waals surface area contributed by atoms with Crippen LogP contribution < -0.4 is 5.32 Å². The van der Waals surface area contributed by atoms with Gasteiger partial charge in [0.1, 0.15) is 5.54 Å². The number of pyridine rings is 1. The van der Waals surface area contributed by atoms with Crippen LogP contribution in [0.15, 0.2) is 24.5 Å². The van der Waals surface area contributed by atoms with E-state index in [9.17, 15) is 9.90 Å². The van der Waals surface area contributed by atoms with Crippen LogP contribution in [0.3, 0.4) is 0 Å². The smallest absolute Gasteiger partial charge is 0.328 e. The van der Waals surface area contributed by atoms with E-state index in [1.807, 2.05) is 6.92 Å². The number of carbonyl (C=O) groups is 1. The number of aliphatic carboxylic acids is 1. The van der Waals surface area contributed by atoms with Gasteiger partial charge in [0.05, 0.1) is 6.61 Å². The van der Waals surface area contributed by atoms with Gasteiger partial charge >= 0.3 is 5.97 Å². The molecule has 0 amide bonds. The largest absolute Gasteiger partial charge is 0.480 e. The Labute approximate surface area is 101 Å². The Bertz CT molecular complexity index is 356. The van der Waals surface area contributed by atoms with Crippen molar-refractivity contribution in [3.8, 4) is 0 Å². The second-order valence-electron chi connectivity index (χ2n) is 3.79. The lowest BCUT2D eigenvalue weighted by Gasteiger charge is -2.26. The number of hydrogen-bond donors (Lipinski definition) is 2. The fourth-order valence-corrected chi connectivity index (χ4v) is 1.50. The van der Waals surface area contributed by atoms with Crippen LogP contribution in [0.5, 0.6) is 0 Å². The van der Waals surface area contributed by atoms with Crippen LogP contribution in [-0.4, -0.2) is 35.8 Å². The Morgan fingerprint density at radius 1 is 1.53 bits per heavy atom. The molecule has 0 spiro atoms. The van der Waals surface area contributed by atoms with Crippen LogP contribution in [0.25, 0.3) is 0 Å². The first-order valence-electron chi connectivity index (χ1n) is 5.58. The van der Waals surface area contributed by atoms with Crippen molar-refractivity contribution in [3.63, 3.8) is 0 Å². The quantitative estimate of drug-likeness (QED) is 0.694. The van der Waals surface area contributed by atoms with E-state index in [0.717, 1.165) is 0 Å². The molecule has 1 rings (SSSR count). The SMILES string of the molecule is CCOCCNC(C)(C(=O)O)c1ccncc1. The monoisotopic (exact) mass is 238 g/mol. The van der Waals surface area contributed by atoms with Crippen molar-refractivity contribution < 1.29 is 14.6 Å². The van der Waals surface area contributed by atoms with Gasteiger partial charge in [-0.1, -0.05) is 0 Å². The topological polar surface area (TPSA) is 71.5 Å². The van der Waals surface area contributed by atoms with Gasteiger partial charge in [0.25, 0.3) is 0 Å². The maximum atomic E-state index is 11.4. The summed E-state index contributed by atoms with van der Waals surface area (Å²) >= 11 is 0. The van der Waals surface area contributed by atoms with Crippen molar-refractivity contribution in [2.24, 2.45) is 0 Å². The highest BCUT2D eigenvalue weighted by atomic mass is 16.5. The molecule has 0 aliphatic carbocycles. The third-order valence-electron chi connectivity index (χ3n) is 2.61. The average Bonchev–Trinajstić information content (AvgIpc) is 2.35. The van der Waals surface area contributed by atoms with Crippen molar-refractivity contribution in [3.05, 3.63) is 30.1 Å². The predicted molar refractivity (Wildman–Crippen MR) is 63.7 cm³/mol. The summed E-state index contributed by atoms with van der Waals surface area (Å²) in [6.45, 7) is 5.14. The predicted octanol–water partition coefficient (Wildman–Crippen LogP) is 1.01. The maximum absolute atomic E-state index is 11.4. The second kappa shape index (κ2) is 6.32. The van der Waals surface area contributed by atoms with Gasteiger partial charge < -0.3 is 9.84 Å². The van der Waals surface area contributed by atoms with Crippen LogP contribution in [-0.2, 0) is 15.1 Å². The minimum absolute atomic E-state index is 0.485. The van der Waals surface area contributed by atoms with Gasteiger partial charge in [-0.3, -0.25) is 10.3 Å². The molecular formula is C12H18N2O3. The van der Waals surface area contributed by atoms with Crippen molar-refractivity contribution in [2.45, 2.75) is 19.4 Å². The molecule has 1 aromatic heterocycles. The minimum atomic E-state index is -1.11. The third kappa shape index (κ3) is 3.51. The highest BCUT2D eigenvalue weighted by Gasteiger charge is 2.34. The van der Waals surface area contributed by atoms with Gasteiger partial charge in [0, 0.05) is 25.5 Å². The van der Waals surface area contributed by atoms with Crippen LogP contribution >= 0.6 is 0 Å². The first-order chi connectivity index (χ1) is 8.11. The fraction of sp³-hybridized carbons (Fsp3) is 0.500. The lowest BCUT2D eigenvalue weighted by molar-refractivity contribution is -0.144. The molecule has 0 fully saturated rings. The van der Waals surface area contributed by atoms with E-state index in [1.165, 1.54) is 0 Å². The number of aromatic nitrogens is 1. The Balaban J connectivity index is 2.73. The first kappa shape index (κ1) is 13.6. The van der Waals surface area contributed by atoms with Gasteiger partial charge in [0.2, 0.25) is 0 Å². The molecule has 17 heavy (non-hydrogen) atoms. The van der Waals surface area contributed by atoms with E-state index in [4.69, 9.17) is 4.74 Å². The molecule has 0 bridgehead atoms. The highest BCUT2D eigenvalue weighted by molar-refractivity contribution is 5.80. The van der Waals surface area contributed by atoms with Crippen LogP contribution in [0.2, 0.25) is 0 Å². The molecule has 0 aliphatic rings. The average molecular weight is 238 g/mol. The fourth-order valence-electron chi connectivity index (χ4n) is 1.50. The Hall–Kier alpha value is -1.46. The Kier molecular flexibility index (Phi) is 5.06. The van der Waals surface area contributed by atoms with Gasteiger partial charge in [-0.2, -0.15) is 0 Å². The maximum Gasteiger partial charge on any atom is 0.328 e. The summed E-state index contributed by atoms with van der Waals surface area (Å²) in [4.78, 5) is 15.2. The van der Waals surface area contributed by atoms with E-state index >= 15 is 0 Å². The second-order valence-corrected chi connectivity index (χ2v) is 3.79. The minimum Gasteiger partial charge on any atom is -0.480 e. The van der Waals surface area contributed by atoms with Crippen LogP contribution in [0, 0.1) is 0 Å². The summed E-state index contributed by atoms with van der Waals surface area (Å²) in [5.41, 5.74) is -0.434. The summed E-state index contributed by atoms with van der Waals surface area (Å²) in [5.74, 6) is -0.916. The standard InChI is InChI=1S/C12H18N2O3/c1-3-17-9-8-14-12(2,11(15)16)10-4-6-13-7-5-10/h4-7,14H,3,8-9H2,1-2H3,(H,15,16). The molecule has 0 saturated carbocycles. The molecule has 0 aliphatic heterocycles. The highest BCUT2D eigenvalue weighted by Crippen LogP contribution is 2.19. The Morgan fingerprint density at radius 3 is 2.71 bits per heavy atom. The number of nitrogens with one attached hydrogen (secondary N) is 1. The van der Waals surface area contributed by atoms with Gasteiger partial charge in [-0.15, -0.1) is 0 Å². The van der Waals surface area contributed by atoms with E-state index in [1.54, 1.807) is 31.5 Å². The molecule has 2 N–H and O–H groups in total.